The maximum atomic E-state index is 12.4. The van der Waals surface area contributed by atoms with E-state index in [2.05, 4.69) is 4.72 Å². The van der Waals surface area contributed by atoms with Crippen molar-refractivity contribution in [2.24, 2.45) is 0 Å². The van der Waals surface area contributed by atoms with Gasteiger partial charge >= 0.3 is 5.97 Å². The molecule has 1 saturated heterocycles. The van der Waals surface area contributed by atoms with Gasteiger partial charge in [0.05, 0.1) is 23.2 Å². The fraction of sp³-hybridized carbons (Fsp3) is 0.409. The summed E-state index contributed by atoms with van der Waals surface area (Å²) >= 11 is 0. The van der Waals surface area contributed by atoms with Crippen LogP contribution in [-0.2, 0) is 19.5 Å². The number of benzene rings is 2. The van der Waals surface area contributed by atoms with E-state index >= 15 is 0 Å². The summed E-state index contributed by atoms with van der Waals surface area (Å²) in [6, 6.07) is 12.8. The molecule has 1 N–H and O–H groups in total. The summed E-state index contributed by atoms with van der Waals surface area (Å²) in [4.78, 5) is 12.2. The first-order valence-electron chi connectivity index (χ1n) is 10.2. The lowest BCUT2D eigenvalue weighted by molar-refractivity contribution is 0.0450. The number of nitrogens with one attached hydrogen (secondary N) is 1. The Kier molecular flexibility index (Phi) is 8.27. The van der Waals surface area contributed by atoms with Crippen molar-refractivity contribution in [2.75, 3.05) is 33.0 Å². The van der Waals surface area contributed by atoms with Gasteiger partial charge in [-0.05, 0) is 68.3 Å². The fourth-order valence-electron chi connectivity index (χ4n) is 3.04. The van der Waals surface area contributed by atoms with Gasteiger partial charge in [0.1, 0.15) is 24.7 Å². The van der Waals surface area contributed by atoms with Crippen LogP contribution in [0, 0.1) is 0 Å². The molecule has 8 nitrogen and oxygen atoms in total. The molecule has 0 spiro atoms. The maximum Gasteiger partial charge on any atom is 0.338 e. The summed E-state index contributed by atoms with van der Waals surface area (Å²) in [5.41, 5.74) is 0.263. The third-order valence-corrected chi connectivity index (χ3v) is 6.08. The van der Waals surface area contributed by atoms with Crippen LogP contribution in [0.1, 0.15) is 30.1 Å². The monoisotopic (exact) mass is 449 g/mol. The second kappa shape index (κ2) is 11.1. The molecule has 0 radical (unpaired) electrons. The SMILES string of the molecule is CCOc1ccc(OCCOC(=O)c2ccc(S(=O)(=O)NCC3CCCO3)cc2)cc1. The highest BCUT2D eigenvalue weighted by molar-refractivity contribution is 7.89. The molecule has 0 aromatic heterocycles. The Labute approximate surface area is 182 Å². The van der Waals surface area contributed by atoms with Crippen molar-refractivity contribution in [1.29, 1.82) is 0 Å². The third kappa shape index (κ3) is 6.95. The predicted octanol–water partition coefficient (Wildman–Crippen LogP) is 2.78. The quantitative estimate of drug-likeness (QED) is 0.416. The van der Waals surface area contributed by atoms with Crippen molar-refractivity contribution < 1.29 is 32.2 Å². The molecular weight excluding hydrogens is 422 g/mol. The minimum atomic E-state index is -3.66. The second-order valence-corrected chi connectivity index (χ2v) is 8.67. The maximum absolute atomic E-state index is 12.4. The first-order chi connectivity index (χ1) is 15.0. The third-order valence-electron chi connectivity index (χ3n) is 4.65. The van der Waals surface area contributed by atoms with Crippen molar-refractivity contribution in [3.05, 3.63) is 54.1 Å². The summed E-state index contributed by atoms with van der Waals surface area (Å²) < 4.78 is 48.8. The number of rotatable bonds is 11. The summed E-state index contributed by atoms with van der Waals surface area (Å²) in [6.45, 7) is 3.66. The van der Waals surface area contributed by atoms with Gasteiger partial charge in [0, 0.05) is 13.2 Å². The summed E-state index contributed by atoms with van der Waals surface area (Å²) in [5, 5.41) is 0. The zero-order chi connectivity index (χ0) is 22.1. The molecule has 1 heterocycles. The topological polar surface area (TPSA) is 100 Å². The molecule has 9 heteroatoms. The Morgan fingerprint density at radius 1 is 1.03 bits per heavy atom. The van der Waals surface area contributed by atoms with Gasteiger partial charge in [-0.25, -0.2) is 17.9 Å². The van der Waals surface area contributed by atoms with Crippen LogP contribution < -0.4 is 14.2 Å². The zero-order valence-corrected chi connectivity index (χ0v) is 18.2. The van der Waals surface area contributed by atoms with Crippen molar-refractivity contribution in [1.82, 2.24) is 4.72 Å². The molecule has 0 amide bonds. The number of ether oxygens (including phenoxy) is 4. The highest BCUT2D eigenvalue weighted by Gasteiger charge is 2.20. The molecule has 2 aromatic carbocycles. The van der Waals surface area contributed by atoms with E-state index in [1.54, 1.807) is 24.3 Å². The zero-order valence-electron chi connectivity index (χ0n) is 17.4. The van der Waals surface area contributed by atoms with E-state index in [0.29, 0.717) is 19.0 Å². The van der Waals surface area contributed by atoms with Crippen LogP contribution in [0.4, 0.5) is 0 Å². The molecule has 168 valence electrons. The first-order valence-corrected chi connectivity index (χ1v) is 11.7. The Bertz CT molecular complexity index is 937. The summed E-state index contributed by atoms with van der Waals surface area (Å²) in [6.07, 6.45) is 1.69. The van der Waals surface area contributed by atoms with Gasteiger partial charge in [-0.15, -0.1) is 0 Å². The number of hydrogen-bond donors (Lipinski definition) is 1. The Morgan fingerprint density at radius 2 is 1.71 bits per heavy atom. The lowest BCUT2D eigenvalue weighted by atomic mass is 10.2. The van der Waals surface area contributed by atoms with E-state index in [-0.39, 0.29) is 36.3 Å². The van der Waals surface area contributed by atoms with Gasteiger partial charge in [0.25, 0.3) is 0 Å². The Hall–Kier alpha value is -2.62. The molecule has 31 heavy (non-hydrogen) atoms. The summed E-state index contributed by atoms with van der Waals surface area (Å²) in [5.74, 6) is 0.852. The number of carbonyl (C=O) groups excluding carboxylic acids is 1. The minimum Gasteiger partial charge on any atom is -0.494 e. The lowest BCUT2D eigenvalue weighted by Gasteiger charge is -2.12. The van der Waals surface area contributed by atoms with Gasteiger partial charge in [-0.3, -0.25) is 0 Å². The minimum absolute atomic E-state index is 0.0645. The van der Waals surface area contributed by atoms with Crippen molar-refractivity contribution in [3.63, 3.8) is 0 Å². The molecule has 0 saturated carbocycles. The van der Waals surface area contributed by atoms with E-state index in [4.69, 9.17) is 18.9 Å². The smallest absolute Gasteiger partial charge is 0.338 e. The highest BCUT2D eigenvalue weighted by Crippen LogP contribution is 2.18. The summed E-state index contributed by atoms with van der Waals surface area (Å²) in [7, 11) is -3.66. The van der Waals surface area contributed by atoms with Crippen LogP contribution >= 0.6 is 0 Å². The van der Waals surface area contributed by atoms with E-state index in [9.17, 15) is 13.2 Å². The number of hydrogen-bond acceptors (Lipinski definition) is 7. The normalized spacial score (nSPS) is 16.1. The molecule has 1 aliphatic rings. The van der Waals surface area contributed by atoms with Crippen molar-refractivity contribution in [2.45, 2.75) is 30.8 Å². The predicted molar refractivity (Wildman–Crippen MR) is 114 cm³/mol. The van der Waals surface area contributed by atoms with Crippen LogP contribution in [0.3, 0.4) is 0 Å². The largest absolute Gasteiger partial charge is 0.494 e. The highest BCUT2D eigenvalue weighted by atomic mass is 32.2. The van der Waals surface area contributed by atoms with Gasteiger partial charge < -0.3 is 18.9 Å². The van der Waals surface area contributed by atoms with E-state index in [1.165, 1.54) is 24.3 Å². The van der Waals surface area contributed by atoms with Crippen molar-refractivity contribution in [3.8, 4) is 11.5 Å². The van der Waals surface area contributed by atoms with Gasteiger partial charge in [-0.2, -0.15) is 0 Å². The van der Waals surface area contributed by atoms with Gasteiger partial charge in [0.2, 0.25) is 10.0 Å². The first kappa shape index (κ1) is 23.1. The van der Waals surface area contributed by atoms with Gasteiger partial charge in [0.15, 0.2) is 0 Å². The van der Waals surface area contributed by atoms with E-state index in [0.717, 1.165) is 18.6 Å². The van der Waals surface area contributed by atoms with Crippen molar-refractivity contribution >= 4 is 16.0 Å². The van der Waals surface area contributed by atoms with Crippen LogP contribution in [0.25, 0.3) is 0 Å². The molecule has 1 fully saturated rings. The van der Waals surface area contributed by atoms with E-state index in [1.807, 2.05) is 6.92 Å². The standard InChI is InChI=1S/C22H27NO7S/c1-2-27-18-7-9-19(10-8-18)29-14-15-30-22(24)17-5-11-21(12-6-17)31(25,26)23-16-20-4-3-13-28-20/h5-12,20,23H,2-4,13-16H2,1H3. The van der Waals surface area contributed by atoms with Gasteiger partial charge in [-0.1, -0.05) is 0 Å². The molecule has 2 aromatic rings. The molecule has 0 bridgehead atoms. The number of sulfonamides is 1. The van der Waals surface area contributed by atoms with Crippen LogP contribution in [-0.4, -0.2) is 53.5 Å². The molecule has 0 aliphatic carbocycles. The molecular formula is C22H27NO7S. The molecule has 3 rings (SSSR count). The van der Waals surface area contributed by atoms with E-state index < -0.39 is 16.0 Å². The lowest BCUT2D eigenvalue weighted by Crippen LogP contribution is -2.31. The molecule has 1 atom stereocenters. The Balaban J connectivity index is 1.43. The molecule has 1 aliphatic heterocycles. The Morgan fingerprint density at radius 3 is 2.32 bits per heavy atom. The number of esters is 1. The second-order valence-electron chi connectivity index (χ2n) is 6.90. The average molecular weight is 450 g/mol. The van der Waals surface area contributed by atoms with Crippen LogP contribution in [0.2, 0.25) is 0 Å². The average Bonchev–Trinajstić information content (AvgIpc) is 3.30. The number of carbonyl (C=O) groups is 1. The van der Waals surface area contributed by atoms with Crippen LogP contribution in [0.5, 0.6) is 11.5 Å². The fourth-order valence-corrected chi connectivity index (χ4v) is 4.10. The molecule has 1 unspecified atom stereocenters. The van der Waals surface area contributed by atoms with Crippen LogP contribution in [0.15, 0.2) is 53.4 Å².